The third-order valence-corrected chi connectivity index (χ3v) is 6.83. The van der Waals surface area contributed by atoms with Crippen molar-refractivity contribution >= 4 is 46.8 Å². The highest BCUT2D eigenvalue weighted by molar-refractivity contribution is 5.96. The number of likely N-dealkylation sites (N-methyl/N-ethyl adjacent to an activating group) is 1. The van der Waals surface area contributed by atoms with E-state index in [-0.39, 0.29) is 83.1 Å². The van der Waals surface area contributed by atoms with Crippen LogP contribution in [0.4, 0.5) is 32.3 Å². The zero-order valence-corrected chi connectivity index (χ0v) is 25.7. The number of rotatable bonds is 10. The fraction of sp³-hybridized carbons (Fsp3) is 0.407. The Labute approximate surface area is 260 Å². The highest BCUT2D eigenvalue weighted by Gasteiger charge is 2.32. The Balaban J connectivity index is 0.00000675. The zero-order valence-electron chi connectivity index (χ0n) is 25.0. The second-order valence-corrected chi connectivity index (χ2v) is 9.97. The van der Waals surface area contributed by atoms with Crippen LogP contribution in [-0.4, -0.2) is 118 Å². The van der Waals surface area contributed by atoms with E-state index in [1.165, 1.54) is 52.7 Å². The molecule has 2 aromatic carbocycles. The third-order valence-electron chi connectivity index (χ3n) is 6.83. The molecule has 0 saturated carbocycles. The molecule has 1 fully saturated rings. The maximum Gasteiger partial charge on any atom is 0.411 e. The van der Waals surface area contributed by atoms with Crippen LogP contribution in [-0.2, 0) is 19.1 Å². The van der Waals surface area contributed by atoms with Gasteiger partial charge in [0, 0.05) is 37.4 Å². The molecule has 0 radical (unpaired) electrons. The van der Waals surface area contributed by atoms with E-state index in [0.717, 1.165) is 0 Å². The summed E-state index contributed by atoms with van der Waals surface area (Å²) in [5.74, 6) is -0.752. The van der Waals surface area contributed by atoms with Crippen LogP contribution >= 0.6 is 0 Å². The number of piperazine rings is 1. The number of ether oxygens (including phenoxy) is 4. The van der Waals surface area contributed by atoms with Crippen molar-refractivity contribution in [2.75, 3.05) is 96.0 Å². The number of phenols is 2. The Morgan fingerprint density at radius 1 is 0.727 bits per heavy atom. The van der Waals surface area contributed by atoms with Crippen LogP contribution in [0.25, 0.3) is 0 Å². The first-order valence-corrected chi connectivity index (χ1v) is 13.1. The Morgan fingerprint density at radius 3 is 1.57 bits per heavy atom. The van der Waals surface area contributed by atoms with Crippen molar-refractivity contribution in [3.8, 4) is 23.0 Å². The number of hydrogen-bond donors (Lipinski definition) is 6. The maximum absolute atomic E-state index is 12.9. The van der Waals surface area contributed by atoms with Gasteiger partial charge in [-0.2, -0.15) is 0 Å². The van der Waals surface area contributed by atoms with Crippen LogP contribution in [0.1, 0.15) is 0 Å². The number of nitrogens with zero attached hydrogens (tertiary/aromatic N) is 2. The molecule has 242 valence electrons. The number of nitrogens with one attached hydrogen (secondary N) is 4. The van der Waals surface area contributed by atoms with E-state index >= 15 is 0 Å². The van der Waals surface area contributed by atoms with Gasteiger partial charge in [0.05, 0.1) is 77.9 Å². The van der Waals surface area contributed by atoms with E-state index in [9.17, 15) is 29.4 Å². The molecule has 2 aromatic rings. The highest BCUT2D eigenvalue weighted by Crippen LogP contribution is 2.37. The summed E-state index contributed by atoms with van der Waals surface area (Å²) in [5.41, 5.74) is 0.577. The van der Waals surface area contributed by atoms with Crippen LogP contribution in [0.2, 0.25) is 0 Å². The Kier molecular flexibility index (Phi) is 12.7. The summed E-state index contributed by atoms with van der Waals surface area (Å²) in [6, 6.07) is 5.27. The standard InChI is InChI=1S/C27H36N6O10.ClH/c1-33(15-25(37)29-19-11-21(35)17(13-23(19)41-3)31-27(39)43-5)8-6-32(7-9-33)14-24(36)28-18-10-20(34)16(12-22(18)40-2)30-26(38)42-4;/h10-13H,6-9,14-15H2,1-5H3,(H5-,28,29,30,31,34,35,36,37,38,39);1H. The molecule has 4 amide bonds. The number of halogens is 1. The number of amides is 4. The van der Waals surface area contributed by atoms with Gasteiger partial charge in [0.2, 0.25) is 5.91 Å². The van der Waals surface area contributed by atoms with Crippen molar-refractivity contribution < 1.29 is 65.2 Å². The lowest BCUT2D eigenvalue weighted by Crippen LogP contribution is -3.00. The fourth-order valence-corrected chi connectivity index (χ4v) is 4.43. The Bertz CT molecular complexity index is 1370. The SMILES string of the molecule is COC(=O)Nc1cc(OC)c(NC(=O)CN2CC[N+](C)(CC(=O)Nc3cc(O)c(NC(=O)OC)cc3OC)CC2)cc1O.[Cl-]. The van der Waals surface area contributed by atoms with Gasteiger partial charge in [-0.25, -0.2) is 9.59 Å². The van der Waals surface area contributed by atoms with Crippen molar-refractivity contribution in [1.29, 1.82) is 0 Å². The van der Waals surface area contributed by atoms with Crippen LogP contribution in [0.15, 0.2) is 24.3 Å². The molecule has 1 aliphatic rings. The summed E-state index contributed by atoms with van der Waals surface area (Å²) in [6.45, 7) is 2.46. The number of methoxy groups -OCH3 is 4. The Morgan fingerprint density at radius 2 is 1.16 bits per heavy atom. The second-order valence-electron chi connectivity index (χ2n) is 9.97. The van der Waals surface area contributed by atoms with Crippen molar-refractivity contribution in [2.24, 2.45) is 0 Å². The molecule has 1 aliphatic heterocycles. The highest BCUT2D eigenvalue weighted by atomic mass is 35.5. The minimum atomic E-state index is -0.773. The number of carbonyl (C=O) groups excluding carboxylic acids is 4. The van der Waals surface area contributed by atoms with Gasteiger partial charge in [-0.15, -0.1) is 0 Å². The maximum atomic E-state index is 12.9. The smallest absolute Gasteiger partial charge is 0.411 e. The predicted molar refractivity (Wildman–Crippen MR) is 156 cm³/mol. The molecule has 17 heteroatoms. The lowest BCUT2D eigenvalue weighted by Gasteiger charge is -2.41. The number of hydrogen-bond acceptors (Lipinski definition) is 11. The fourth-order valence-electron chi connectivity index (χ4n) is 4.43. The van der Waals surface area contributed by atoms with Crippen molar-refractivity contribution in [2.45, 2.75) is 0 Å². The lowest BCUT2D eigenvalue weighted by molar-refractivity contribution is -0.905. The van der Waals surface area contributed by atoms with E-state index < -0.39 is 12.2 Å². The van der Waals surface area contributed by atoms with E-state index in [0.29, 0.717) is 30.7 Å². The third kappa shape index (κ3) is 9.42. The molecule has 44 heavy (non-hydrogen) atoms. The van der Waals surface area contributed by atoms with Gasteiger partial charge in [0.15, 0.2) is 6.54 Å². The van der Waals surface area contributed by atoms with E-state index in [2.05, 4.69) is 30.7 Å². The molecule has 1 heterocycles. The average Bonchev–Trinajstić information content (AvgIpc) is 2.96. The minimum absolute atomic E-state index is 0. The molecule has 0 spiro atoms. The van der Waals surface area contributed by atoms with Crippen molar-refractivity contribution in [1.82, 2.24) is 4.90 Å². The van der Waals surface area contributed by atoms with Crippen molar-refractivity contribution in [3.63, 3.8) is 0 Å². The van der Waals surface area contributed by atoms with Gasteiger partial charge in [-0.1, -0.05) is 0 Å². The van der Waals surface area contributed by atoms with Crippen LogP contribution in [0.3, 0.4) is 0 Å². The topological polar surface area (TPSA) is 197 Å². The van der Waals surface area contributed by atoms with Crippen LogP contribution in [0.5, 0.6) is 23.0 Å². The first-order valence-electron chi connectivity index (χ1n) is 13.1. The summed E-state index contributed by atoms with van der Waals surface area (Å²) in [7, 11) is 7.10. The van der Waals surface area contributed by atoms with Gasteiger partial charge in [-0.05, 0) is 0 Å². The summed E-state index contributed by atoms with van der Waals surface area (Å²) >= 11 is 0. The van der Waals surface area contributed by atoms with E-state index in [1.54, 1.807) is 0 Å². The molecule has 0 atom stereocenters. The normalized spacial score (nSPS) is 13.8. The number of quaternary nitrogens is 1. The van der Waals surface area contributed by atoms with Crippen LogP contribution in [0, 0.1) is 0 Å². The summed E-state index contributed by atoms with van der Waals surface area (Å²) in [5, 5.41) is 30.7. The zero-order chi connectivity index (χ0) is 31.7. The van der Waals surface area contributed by atoms with Gasteiger partial charge in [0.1, 0.15) is 23.0 Å². The second kappa shape index (κ2) is 15.7. The largest absolute Gasteiger partial charge is 1.00 e. The number of aromatic hydroxyl groups is 2. The van der Waals surface area contributed by atoms with Crippen molar-refractivity contribution in [3.05, 3.63) is 24.3 Å². The number of anilines is 4. The predicted octanol–water partition coefficient (Wildman–Crippen LogP) is -1.18. The van der Waals surface area contributed by atoms with Gasteiger partial charge >= 0.3 is 12.2 Å². The summed E-state index contributed by atoms with van der Waals surface area (Å²) in [4.78, 5) is 50.6. The first kappa shape index (κ1) is 35.5. The molecule has 0 bridgehead atoms. The van der Waals surface area contributed by atoms with Gasteiger partial charge in [0.25, 0.3) is 5.91 Å². The van der Waals surface area contributed by atoms with E-state index in [4.69, 9.17) is 9.47 Å². The molecule has 6 N–H and O–H groups in total. The minimum Gasteiger partial charge on any atom is -1.00 e. The first-order chi connectivity index (χ1) is 20.4. The van der Waals surface area contributed by atoms with E-state index in [1.807, 2.05) is 11.9 Å². The monoisotopic (exact) mass is 640 g/mol. The summed E-state index contributed by atoms with van der Waals surface area (Å²) in [6.07, 6.45) is -1.55. The van der Waals surface area contributed by atoms with Gasteiger partial charge in [-0.3, -0.25) is 25.1 Å². The molecule has 0 unspecified atom stereocenters. The molecular formula is C27H37ClN6O10. The molecule has 0 aromatic heterocycles. The molecule has 1 saturated heterocycles. The lowest BCUT2D eigenvalue weighted by atomic mass is 10.2. The quantitative estimate of drug-likeness (QED) is 0.135. The molecular weight excluding hydrogens is 604 g/mol. The van der Waals surface area contributed by atoms with Gasteiger partial charge < -0.3 is 56.7 Å². The average molecular weight is 641 g/mol. The molecule has 3 rings (SSSR count). The summed E-state index contributed by atoms with van der Waals surface area (Å²) < 4.78 is 20.1. The Hall–Kier alpha value is -4.67. The molecule has 16 nitrogen and oxygen atoms in total. The number of benzene rings is 2. The van der Waals surface area contributed by atoms with Crippen LogP contribution < -0.4 is 43.1 Å². The molecule has 0 aliphatic carbocycles. The number of carbonyl (C=O) groups is 4. The number of phenolic OH excluding ortho intramolecular Hbond substituents is 2.